The van der Waals surface area contributed by atoms with E-state index in [9.17, 15) is 14.0 Å². The maximum absolute atomic E-state index is 13.4. The van der Waals surface area contributed by atoms with Gasteiger partial charge in [0.1, 0.15) is 11.5 Å². The fourth-order valence-electron chi connectivity index (χ4n) is 2.73. The number of ether oxygens (including phenoxy) is 2. The first kappa shape index (κ1) is 17.5. The van der Waals surface area contributed by atoms with E-state index in [1.165, 1.54) is 39.5 Å². The van der Waals surface area contributed by atoms with E-state index in [4.69, 9.17) is 9.47 Å². The third-order valence-corrected chi connectivity index (χ3v) is 4.05. The Balaban J connectivity index is 2.11. The summed E-state index contributed by atoms with van der Waals surface area (Å²) in [4.78, 5) is 26.1. The monoisotopic (exact) mass is 356 g/mol. The minimum absolute atomic E-state index is 0.0790. The van der Waals surface area contributed by atoms with Crippen molar-refractivity contribution in [2.24, 2.45) is 0 Å². The number of likely N-dealkylation sites (N-methyl/N-ethyl adjacent to an activating group) is 1. The number of nitrogens with zero attached hydrogens (tertiary/aromatic N) is 1. The van der Waals surface area contributed by atoms with Gasteiger partial charge in [0.15, 0.2) is 11.5 Å². The Kier molecular flexibility index (Phi) is 4.62. The number of amides is 2. The molecule has 1 aliphatic rings. The zero-order chi connectivity index (χ0) is 18.8. The zero-order valence-corrected chi connectivity index (χ0v) is 14.5. The first-order chi connectivity index (χ1) is 12.5. The fraction of sp³-hybridized carbons (Fsp3) is 0.158. The van der Waals surface area contributed by atoms with Crippen molar-refractivity contribution in [1.82, 2.24) is 4.90 Å². The molecule has 134 valence electrons. The van der Waals surface area contributed by atoms with Crippen LogP contribution in [-0.2, 0) is 9.59 Å². The average Bonchev–Trinajstić information content (AvgIpc) is 2.85. The summed E-state index contributed by atoms with van der Waals surface area (Å²) in [5.74, 6) is -0.474. The predicted molar refractivity (Wildman–Crippen MR) is 94.3 cm³/mol. The van der Waals surface area contributed by atoms with Crippen LogP contribution in [0.5, 0.6) is 11.5 Å². The van der Waals surface area contributed by atoms with Crippen LogP contribution in [0.15, 0.2) is 48.2 Å². The molecule has 0 atom stereocenters. The number of hydrogen-bond donors (Lipinski definition) is 1. The summed E-state index contributed by atoms with van der Waals surface area (Å²) in [6.45, 7) is 0. The van der Waals surface area contributed by atoms with Crippen molar-refractivity contribution in [3.63, 3.8) is 0 Å². The molecule has 7 heteroatoms. The lowest BCUT2D eigenvalue weighted by atomic mass is 10.0. The Bertz CT molecular complexity index is 924. The molecular formula is C19H17FN2O4. The molecule has 0 aliphatic carbocycles. The van der Waals surface area contributed by atoms with E-state index < -0.39 is 17.6 Å². The molecule has 6 nitrogen and oxygen atoms in total. The van der Waals surface area contributed by atoms with E-state index in [-0.39, 0.29) is 11.3 Å². The molecule has 26 heavy (non-hydrogen) atoms. The number of methoxy groups -OCH3 is 2. The van der Waals surface area contributed by atoms with Crippen molar-refractivity contribution < 1.29 is 23.5 Å². The Morgan fingerprint density at radius 2 is 1.69 bits per heavy atom. The number of rotatable bonds is 5. The smallest absolute Gasteiger partial charge is 0.277 e. The average molecular weight is 356 g/mol. The van der Waals surface area contributed by atoms with E-state index in [2.05, 4.69) is 5.32 Å². The first-order valence-corrected chi connectivity index (χ1v) is 7.78. The Hall–Kier alpha value is -3.35. The highest BCUT2D eigenvalue weighted by Gasteiger charge is 2.37. The number of benzene rings is 2. The molecule has 0 spiro atoms. The largest absolute Gasteiger partial charge is 0.493 e. The number of nitrogens with one attached hydrogen (secondary N) is 1. The molecule has 2 aromatic rings. The first-order valence-electron chi connectivity index (χ1n) is 7.78. The maximum atomic E-state index is 13.4. The van der Waals surface area contributed by atoms with Gasteiger partial charge in [-0.25, -0.2) is 4.39 Å². The van der Waals surface area contributed by atoms with Gasteiger partial charge in [-0.1, -0.05) is 12.1 Å². The summed E-state index contributed by atoms with van der Waals surface area (Å²) in [6, 6.07) is 10.6. The second-order valence-electron chi connectivity index (χ2n) is 5.62. The minimum Gasteiger partial charge on any atom is -0.493 e. The van der Waals surface area contributed by atoms with Crippen molar-refractivity contribution >= 4 is 23.1 Å². The van der Waals surface area contributed by atoms with Crippen molar-refractivity contribution in [1.29, 1.82) is 0 Å². The standard InChI is InChI=1S/C19H17FN2O4/c1-22-18(23)16(11-7-8-14(25-2)15(9-11)26-3)17(19(22)24)21-13-6-4-5-12(20)10-13/h4-10,21H,1-3H3. The van der Waals surface area contributed by atoms with Crippen LogP contribution >= 0.6 is 0 Å². The summed E-state index contributed by atoms with van der Waals surface area (Å²) >= 11 is 0. The van der Waals surface area contributed by atoms with Crippen LogP contribution < -0.4 is 14.8 Å². The summed E-state index contributed by atoms with van der Waals surface area (Å²) in [7, 11) is 4.38. The van der Waals surface area contributed by atoms with Crippen molar-refractivity contribution in [3.8, 4) is 11.5 Å². The van der Waals surface area contributed by atoms with Gasteiger partial charge >= 0.3 is 0 Å². The molecule has 0 aromatic heterocycles. The number of imide groups is 1. The van der Waals surface area contributed by atoms with Gasteiger partial charge in [0.2, 0.25) is 0 Å². The summed E-state index contributed by atoms with van der Waals surface area (Å²) in [5.41, 5.74) is 1.12. The van der Waals surface area contributed by atoms with Crippen LogP contribution in [0, 0.1) is 5.82 Å². The predicted octanol–water partition coefficient (Wildman–Crippen LogP) is 2.66. The fourth-order valence-corrected chi connectivity index (χ4v) is 2.73. The van der Waals surface area contributed by atoms with Crippen LogP contribution in [0.3, 0.4) is 0 Å². The van der Waals surface area contributed by atoms with Crippen LogP contribution in [0.4, 0.5) is 10.1 Å². The van der Waals surface area contributed by atoms with E-state index in [0.717, 1.165) is 4.90 Å². The lowest BCUT2D eigenvalue weighted by Gasteiger charge is -2.11. The number of anilines is 1. The molecule has 2 aromatic carbocycles. The van der Waals surface area contributed by atoms with Gasteiger partial charge in [0.25, 0.3) is 11.8 Å². The Morgan fingerprint density at radius 1 is 0.962 bits per heavy atom. The van der Waals surface area contributed by atoms with Gasteiger partial charge in [-0.2, -0.15) is 0 Å². The Labute approximate surface area is 149 Å². The van der Waals surface area contributed by atoms with E-state index in [0.29, 0.717) is 22.7 Å². The van der Waals surface area contributed by atoms with Gasteiger partial charge in [-0.15, -0.1) is 0 Å². The van der Waals surface area contributed by atoms with Crippen molar-refractivity contribution in [2.45, 2.75) is 0 Å². The third kappa shape index (κ3) is 2.99. The highest BCUT2D eigenvalue weighted by molar-refractivity contribution is 6.36. The second kappa shape index (κ2) is 6.87. The Morgan fingerprint density at radius 3 is 2.35 bits per heavy atom. The van der Waals surface area contributed by atoms with Gasteiger partial charge in [-0.3, -0.25) is 14.5 Å². The van der Waals surface area contributed by atoms with Crippen LogP contribution in [0.2, 0.25) is 0 Å². The number of carbonyl (C=O) groups is 2. The summed E-state index contributed by atoms with van der Waals surface area (Å²) < 4.78 is 23.9. The quantitative estimate of drug-likeness (QED) is 0.835. The van der Waals surface area contributed by atoms with Gasteiger partial charge in [0, 0.05) is 12.7 Å². The third-order valence-electron chi connectivity index (χ3n) is 4.05. The molecule has 1 aliphatic heterocycles. The molecule has 3 rings (SSSR count). The highest BCUT2D eigenvalue weighted by Crippen LogP contribution is 2.35. The van der Waals surface area contributed by atoms with E-state index >= 15 is 0 Å². The van der Waals surface area contributed by atoms with Gasteiger partial charge in [-0.05, 0) is 35.9 Å². The number of hydrogen-bond acceptors (Lipinski definition) is 5. The van der Waals surface area contributed by atoms with Crippen molar-refractivity contribution in [2.75, 3.05) is 26.6 Å². The molecule has 0 radical (unpaired) electrons. The lowest BCUT2D eigenvalue weighted by molar-refractivity contribution is -0.135. The molecule has 1 N–H and O–H groups in total. The van der Waals surface area contributed by atoms with E-state index in [1.54, 1.807) is 24.3 Å². The van der Waals surface area contributed by atoms with Gasteiger partial charge < -0.3 is 14.8 Å². The second-order valence-corrected chi connectivity index (χ2v) is 5.62. The maximum Gasteiger partial charge on any atom is 0.277 e. The zero-order valence-electron chi connectivity index (χ0n) is 14.5. The van der Waals surface area contributed by atoms with Crippen LogP contribution in [-0.4, -0.2) is 38.0 Å². The van der Waals surface area contributed by atoms with Crippen LogP contribution in [0.1, 0.15) is 5.56 Å². The van der Waals surface area contributed by atoms with Gasteiger partial charge in [0.05, 0.1) is 19.8 Å². The minimum atomic E-state index is -0.496. The van der Waals surface area contributed by atoms with Crippen LogP contribution in [0.25, 0.3) is 5.57 Å². The molecule has 2 amide bonds. The SMILES string of the molecule is COc1ccc(C2=C(Nc3cccc(F)c3)C(=O)N(C)C2=O)cc1OC. The molecule has 0 unspecified atom stereocenters. The van der Waals surface area contributed by atoms with Crippen molar-refractivity contribution in [3.05, 3.63) is 59.5 Å². The topological polar surface area (TPSA) is 67.9 Å². The molecular weight excluding hydrogens is 339 g/mol. The molecule has 0 fully saturated rings. The summed E-state index contributed by atoms with van der Waals surface area (Å²) in [5, 5.41) is 2.86. The summed E-state index contributed by atoms with van der Waals surface area (Å²) in [6.07, 6.45) is 0. The highest BCUT2D eigenvalue weighted by atomic mass is 19.1. The molecule has 0 saturated heterocycles. The number of halogens is 1. The normalized spacial score (nSPS) is 14.1. The van der Waals surface area contributed by atoms with E-state index in [1.807, 2.05) is 0 Å². The molecule has 0 bridgehead atoms. The lowest BCUT2D eigenvalue weighted by Crippen LogP contribution is -2.27. The molecule has 1 heterocycles. The number of carbonyl (C=O) groups excluding carboxylic acids is 2. The molecule has 0 saturated carbocycles.